The van der Waals surface area contributed by atoms with Gasteiger partial charge in [-0.3, -0.25) is 0 Å². The second kappa shape index (κ2) is 1.61. The van der Waals surface area contributed by atoms with Crippen molar-refractivity contribution in [2.75, 3.05) is 11.5 Å². The van der Waals surface area contributed by atoms with Gasteiger partial charge in [-0.1, -0.05) is 0 Å². The first kappa shape index (κ1) is 5.33. The Balaban J connectivity index is 3.14. The van der Waals surface area contributed by atoms with Gasteiger partial charge in [0, 0.05) is 0 Å². The lowest BCUT2D eigenvalue weighted by Gasteiger charge is -1.80. The molecule has 0 amide bonds. The molecule has 4 nitrogen and oxygen atoms in total. The number of aromatic nitrogens is 1. The molecule has 0 fully saturated rings. The summed E-state index contributed by atoms with van der Waals surface area (Å²) in [6.07, 6.45) is 0. The van der Waals surface area contributed by atoms with E-state index in [1.165, 1.54) is 5.38 Å². The molecule has 0 aliphatic carbocycles. The lowest BCUT2D eigenvalue weighted by atomic mass is 10.8. The zero-order valence-electron chi connectivity index (χ0n) is 4.00. The summed E-state index contributed by atoms with van der Waals surface area (Å²) in [5, 5.41) is 1.39. The van der Waals surface area contributed by atoms with Crippen LogP contribution in [0, 0.1) is 0 Å². The maximum Gasteiger partial charge on any atom is 0.338 e. The van der Waals surface area contributed by atoms with E-state index < -0.39 is 10.8 Å². The van der Waals surface area contributed by atoms with Crippen molar-refractivity contribution in [3.8, 4) is 0 Å². The van der Waals surface area contributed by atoms with Gasteiger partial charge < -0.3 is 16.0 Å². The summed E-state index contributed by atoms with van der Waals surface area (Å²) in [6, 6.07) is 0. The molecular weight excluding hydrogens is 126 g/mol. The SMILES string of the molecule is Nc1c[s+]([O-])c(N)n1. The zero-order chi connectivity index (χ0) is 6.15. The number of anilines is 2. The van der Waals surface area contributed by atoms with E-state index >= 15 is 0 Å². The van der Waals surface area contributed by atoms with Crippen molar-refractivity contribution >= 4 is 21.7 Å². The van der Waals surface area contributed by atoms with Gasteiger partial charge in [0.25, 0.3) is 0 Å². The first-order valence-electron chi connectivity index (χ1n) is 1.92. The normalized spacial score (nSPS) is 11.9. The molecule has 0 radical (unpaired) electrons. The molecule has 0 bridgehead atoms. The molecule has 1 aromatic heterocycles. The number of nitrogens with two attached hydrogens (primary N) is 2. The van der Waals surface area contributed by atoms with Gasteiger partial charge in [0.1, 0.15) is 0 Å². The van der Waals surface area contributed by atoms with Crippen molar-refractivity contribution < 1.29 is 4.55 Å². The van der Waals surface area contributed by atoms with E-state index in [0.29, 0.717) is 0 Å². The molecule has 0 aliphatic rings. The minimum Gasteiger partial charge on any atom is -0.588 e. The van der Waals surface area contributed by atoms with Crippen molar-refractivity contribution in [2.45, 2.75) is 0 Å². The fourth-order valence-corrected chi connectivity index (χ4v) is 0.957. The lowest BCUT2D eigenvalue weighted by molar-refractivity contribution is 0.599. The maximum atomic E-state index is 10.5. The van der Waals surface area contributed by atoms with Crippen molar-refractivity contribution in [2.24, 2.45) is 0 Å². The highest BCUT2D eigenvalue weighted by Gasteiger charge is 2.03. The Morgan fingerprint density at radius 2 is 2.25 bits per heavy atom. The van der Waals surface area contributed by atoms with Gasteiger partial charge in [-0.15, -0.1) is 0 Å². The van der Waals surface area contributed by atoms with Crippen molar-refractivity contribution in [3.63, 3.8) is 0 Å². The van der Waals surface area contributed by atoms with Crippen LogP contribution in [-0.4, -0.2) is 9.54 Å². The molecule has 0 aromatic carbocycles. The Kier molecular flexibility index (Phi) is 1.07. The standard InChI is InChI=1S/C3H5N3OS/c4-2-1-8(7)3(5)6-2/h1H,4H2,(H2,5,6). The van der Waals surface area contributed by atoms with E-state index in [2.05, 4.69) is 4.98 Å². The summed E-state index contributed by atoms with van der Waals surface area (Å²) in [7, 11) is -1.26. The zero-order valence-corrected chi connectivity index (χ0v) is 4.81. The van der Waals surface area contributed by atoms with Crippen LogP contribution >= 0.6 is 10.8 Å². The smallest absolute Gasteiger partial charge is 0.338 e. The fraction of sp³-hybridized carbons (Fsp3) is 0. The van der Waals surface area contributed by atoms with E-state index in [-0.39, 0.29) is 10.9 Å². The van der Waals surface area contributed by atoms with Gasteiger partial charge in [0.05, 0.1) is 0 Å². The number of thiazole rings is 1. The molecular formula is C3H5N3OS. The second-order valence-electron chi connectivity index (χ2n) is 1.29. The van der Waals surface area contributed by atoms with E-state index in [4.69, 9.17) is 11.5 Å². The van der Waals surface area contributed by atoms with Crippen LogP contribution in [0.5, 0.6) is 0 Å². The highest BCUT2D eigenvalue weighted by Crippen LogP contribution is 2.22. The first-order chi connectivity index (χ1) is 3.70. The molecule has 44 valence electrons. The highest BCUT2D eigenvalue weighted by atomic mass is 32.2. The molecule has 4 N–H and O–H groups in total. The van der Waals surface area contributed by atoms with Crippen LogP contribution in [0.4, 0.5) is 10.9 Å². The van der Waals surface area contributed by atoms with Crippen LogP contribution < -0.4 is 11.5 Å². The summed E-state index contributed by atoms with van der Waals surface area (Å²) in [4.78, 5) is 3.50. The number of hydrogen-bond donors (Lipinski definition) is 2. The number of hydrogen-bond acceptors (Lipinski definition) is 4. The molecule has 0 aliphatic heterocycles. The predicted octanol–water partition coefficient (Wildman–Crippen LogP) is -0.0264. The Bertz CT molecular complexity index is 177. The summed E-state index contributed by atoms with van der Waals surface area (Å²) < 4.78 is 10.5. The molecule has 1 unspecified atom stereocenters. The minimum atomic E-state index is -1.26. The van der Waals surface area contributed by atoms with Gasteiger partial charge >= 0.3 is 5.13 Å². The fourth-order valence-electron chi connectivity index (χ4n) is 0.369. The second-order valence-corrected chi connectivity index (χ2v) is 2.54. The molecule has 5 heteroatoms. The van der Waals surface area contributed by atoms with Gasteiger partial charge in [0.15, 0.2) is 11.2 Å². The summed E-state index contributed by atoms with van der Waals surface area (Å²) in [6.45, 7) is 0. The van der Waals surface area contributed by atoms with Crippen LogP contribution in [-0.2, 0) is 0 Å². The highest BCUT2D eigenvalue weighted by molar-refractivity contribution is 7.27. The van der Waals surface area contributed by atoms with Gasteiger partial charge in [-0.2, -0.15) is 4.98 Å². The number of rotatable bonds is 0. The summed E-state index contributed by atoms with van der Waals surface area (Å²) in [5.41, 5.74) is 10.2. The van der Waals surface area contributed by atoms with Crippen LogP contribution in [0.3, 0.4) is 0 Å². The molecule has 0 spiro atoms. The Hall–Kier alpha value is -0.810. The third-order valence-electron chi connectivity index (χ3n) is 0.673. The number of nitrogen functional groups attached to an aromatic ring is 2. The average Bonchev–Trinajstić information content (AvgIpc) is 1.85. The van der Waals surface area contributed by atoms with Gasteiger partial charge in [-0.05, 0) is 10.8 Å². The van der Waals surface area contributed by atoms with Gasteiger partial charge in [-0.25, -0.2) is 0 Å². The maximum absolute atomic E-state index is 10.5. The quantitative estimate of drug-likeness (QED) is 0.484. The molecule has 1 atom stereocenters. The van der Waals surface area contributed by atoms with Crippen LogP contribution in [0.2, 0.25) is 0 Å². The van der Waals surface area contributed by atoms with Gasteiger partial charge in [0.2, 0.25) is 0 Å². The van der Waals surface area contributed by atoms with Crippen LogP contribution in [0.1, 0.15) is 0 Å². The Morgan fingerprint density at radius 3 is 2.38 bits per heavy atom. The first-order valence-corrected chi connectivity index (χ1v) is 3.13. The third-order valence-corrected chi connectivity index (χ3v) is 1.63. The van der Waals surface area contributed by atoms with Crippen LogP contribution in [0.15, 0.2) is 5.38 Å². The topological polar surface area (TPSA) is 88.0 Å². The average molecular weight is 131 g/mol. The molecule has 1 heterocycles. The monoisotopic (exact) mass is 131 g/mol. The third kappa shape index (κ3) is 0.728. The van der Waals surface area contributed by atoms with E-state index in [9.17, 15) is 4.55 Å². The molecule has 0 saturated carbocycles. The van der Waals surface area contributed by atoms with Crippen molar-refractivity contribution in [1.29, 1.82) is 0 Å². The minimum absolute atomic E-state index is 0.0856. The molecule has 1 rings (SSSR count). The van der Waals surface area contributed by atoms with Crippen molar-refractivity contribution in [1.82, 2.24) is 4.98 Å². The summed E-state index contributed by atoms with van der Waals surface area (Å²) in [5.74, 6) is 0.237. The Morgan fingerprint density at radius 1 is 1.62 bits per heavy atom. The van der Waals surface area contributed by atoms with Crippen LogP contribution in [0.25, 0.3) is 0 Å². The Labute approximate surface area is 48.9 Å². The largest absolute Gasteiger partial charge is 0.588 e. The lowest BCUT2D eigenvalue weighted by Crippen LogP contribution is -1.86. The van der Waals surface area contributed by atoms with E-state index in [1.807, 2.05) is 0 Å². The molecule has 8 heavy (non-hydrogen) atoms. The number of nitrogens with zero attached hydrogens (tertiary/aromatic N) is 1. The predicted molar refractivity (Wildman–Crippen MR) is 31.7 cm³/mol. The van der Waals surface area contributed by atoms with E-state index in [1.54, 1.807) is 0 Å². The molecule has 1 aromatic rings. The van der Waals surface area contributed by atoms with Crippen molar-refractivity contribution in [3.05, 3.63) is 5.38 Å². The summed E-state index contributed by atoms with van der Waals surface area (Å²) >= 11 is 0. The molecule has 0 saturated heterocycles. The van der Waals surface area contributed by atoms with E-state index in [0.717, 1.165) is 0 Å².